The maximum atomic E-state index is 11.6. The van der Waals surface area contributed by atoms with E-state index in [1.807, 2.05) is 12.1 Å². The maximum Gasteiger partial charge on any atom is 0.194 e. The molecule has 1 aliphatic heterocycles. The van der Waals surface area contributed by atoms with E-state index >= 15 is 0 Å². The van der Waals surface area contributed by atoms with Crippen LogP contribution in [0, 0.1) is 5.92 Å². The van der Waals surface area contributed by atoms with Crippen molar-refractivity contribution in [2.45, 2.75) is 24.8 Å². The fourth-order valence-corrected chi connectivity index (χ4v) is 3.62. The van der Waals surface area contributed by atoms with E-state index in [2.05, 4.69) is 17.1 Å². The van der Waals surface area contributed by atoms with Gasteiger partial charge < -0.3 is 19.7 Å². The SMILES string of the molecule is CCNC(=NCc1ccc(S(C)(=O)=O)cc1)N1CCC(COCCOC)C1. The van der Waals surface area contributed by atoms with Crippen molar-refractivity contribution < 1.29 is 17.9 Å². The lowest BCUT2D eigenvalue weighted by molar-refractivity contribution is 0.0536. The van der Waals surface area contributed by atoms with Gasteiger partial charge in [0, 0.05) is 38.9 Å². The summed E-state index contributed by atoms with van der Waals surface area (Å²) in [5.74, 6) is 1.39. The van der Waals surface area contributed by atoms with Gasteiger partial charge in [0.2, 0.25) is 0 Å². The summed E-state index contributed by atoms with van der Waals surface area (Å²) in [7, 11) is -1.49. The molecule has 0 radical (unpaired) electrons. The van der Waals surface area contributed by atoms with Crippen LogP contribution in [0.15, 0.2) is 34.2 Å². The molecule has 7 nitrogen and oxygen atoms in total. The van der Waals surface area contributed by atoms with Gasteiger partial charge in [0.05, 0.1) is 31.3 Å². The van der Waals surface area contributed by atoms with Crippen LogP contribution in [0.4, 0.5) is 0 Å². The Labute approximate surface area is 162 Å². The predicted octanol–water partition coefficient (Wildman–Crippen LogP) is 1.54. The minimum absolute atomic E-state index is 0.331. The fraction of sp³-hybridized carbons (Fsp3) is 0.632. The molecule has 1 N–H and O–H groups in total. The molecule has 0 saturated carbocycles. The number of nitrogens with one attached hydrogen (secondary N) is 1. The number of guanidine groups is 1. The van der Waals surface area contributed by atoms with E-state index in [0.717, 1.165) is 44.2 Å². The molecule has 1 aliphatic rings. The van der Waals surface area contributed by atoms with Crippen LogP contribution in [-0.4, -0.2) is 72.1 Å². The van der Waals surface area contributed by atoms with E-state index in [4.69, 9.17) is 14.5 Å². The number of hydrogen-bond donors (Lipinski definition) is 1. The van der Waals surface area contributed by atoms with Gasteiger partial charge in [-0.2, -0.15) is 0 Å². The first-order valence-corrected chi connectivity index (χ1v) is 11.2. The molecule has 1 aromatic carbocycles. The van der Waals surface area contributed by atoms with Crippen molar-refractivity contribution in [1.29, 1.82) is 0 Å². The van der Waals surface area contributed by atoms with Gasteiger partial charge >= 0.3 is 0 Å². The molecule has 0 bridgehead atoms. The smallest absolute Gasteiger partial charge is 0.194 e. The lowest BCUT2D eigenvalue weighted by Crippen LogP contribution is -2.40. The summed E-state index contributed by atoms with van der Waals surface area (Å²) in [6, 6.07) is 6.91. The molecule has 2 rings (SSSR count). The van der Waals surface area contributed by atoms with Crippen molar-refractivity contribution in [3.05, 3.63) is 29.8 Å². The molecular weight excluding hydrogens is 366 g/mol. The highest BCUT2D eigenvalue weighted by molar-refractivity contribution is 7.90. The number of hydrogen-bond acceptors (Lipinski definition) is 5. The lowest BCUT2D eigenvalue weighted by Gasteiger charge is -2.21. The second kappa shape index (κ2) is 10.6. The second-order valence-corrected chi connectivity index (χ2v) is 8.77. The monoisotopic (exact) mass is 397 g/mol. The highest BCUT2D eigenvalue weighted by Gasteiger charge is 2.24. The third-order valence-electron chi connectivity index (χ3n) is 4.47. The van der Waals surface area contributed by atoms with Gasteiger partial charge in [0.1, 0.15) is 0 Å². The van der Waals surface area contributed by atoms with Crippen LogP contribution in [0.3, 0.4) is 0 Å². The molecule has 1 atom stereocenters. The molecule has 1 saturated heterocycles. The number of rotatable bonds is 9. The lowest BCUT2D eigenvalue weighted by atomic mass is 10.1. The maximum absolute atomic E-state index is 11.6. The molecule has 27 heavy (non-hydrogen) atoms. The molecule has 1 aromatic rings. The third kappa shape index (κ3) is 7.12. The van der Waals surface area contributed by atoms with Crippen LogP contribution in [0.25, 0.3) is 0 Å². The summed E-state index contributed by atoms with van der Waals surface area (Å²) >= 11 is 0. The average Bonchev–Trinajstić information content (AvgIpc) is 3.11. The third-order valence-corrected chi connectivity index (χ3v) is 5.60. The minimum atomic E-state index is -3.17. The summed E-state index contributed by atoms with van der Waals surface area (Å²) < 4.78 is 33.8. The van der Waals surface area contributed by atoms with Gasteiger partial charge in [-0.05, 0) is 31.0 Å². The van der Waals surface area contributed by atoms with E-state index < -0.39 is 9.84 Å². The van der Waals surface area contributed by atoms with Crippen molar-refractivity contribution in [3.8, 4) is 0 Å². The highest BCUT2D eigenvalue weighted by Crippen LogP contribution is 2.17. The number of methoxy groups -OCH3 is 1. The van der Waals surface area contributed by atoms with Crippen molar-refractivity contribution >= 4 is 15.8 Å². The van der Waals surface area contributed by atoms with E-state index in [1.165, 1.54) is 6.26 Å². The Hall–Kier alpha value is -1.64. The summed E-state index contributed by atoms with van der Waals surface area (Å²) in [4.78, 5) is 7.32. The summed E-state index contributed by atoms with van der Waals surface area (Å²) in [5.41, 5.74) is 0.983. The molecule has 1 fully saturated rings. The molecule has 0 aromatic heterocycles. The van der Waals surface area contributed by atoms with E-state index in [9.17, 15) is 8.42 Å². The van der Waals surface area contributed by atoms with Crippen LogP contribution in [-0.2, 0) is 25.9 Å². The second-order valence-electron chi connectivity index (χ2n) is 6.75. The molecule has 152 valence electrons. The van der Waals surface area contributed by atoms with E-state index in [1.54, 1.807) is 19.2 Å². The van der Waals surface area contributed by atoms with Crippen LogP contribution in [0.5, 0.6) is 0 Å². The number of sulfone groups is 1. The minimum Gasteiger partial charge on any atom is -0.382 e. The van der Waals surface area contributed by atoms with Crippen LogP contribution < -0.4 is 5.32 Å². The summed E-state index contributed by atoms with van der Waals surface area (Å²) in [6.45, 7) is 7.24. The summed E-state index contributed by atoms with van der Waals surface area (Å²) in [5, 5.41) is 3.35. The summed E-state index contributed by atoms with van der Waals surface area (Å²) in [6.07, 6.45) is 2.30. The Morgan fingerprint density at radius 3 is 2.67 bits per heavy atom. The molecule has 1 heterocycles. The first-order valence-electron chi connectivity index (χ1n) is 9.33. The average molecular weight is 398 g/mol. The molecule has 0 spiro atoms. The molecule has 0 amide bonds. The quantitative estimate of drug-likeness (QED) is 0.387. The molecule has 1 unspecified atom stereocenters. The predicted molar refractivity (Wildman–Crippen MR) is 107 cm³/mol. The standard InChI is InChI=1S/C19H31N3O4S/c1-4-20-19(22-10-9-17(14-22)15-26-12-11-25-2)21-13-16-5-7-18(8-6-16)27(3,23)24/h5-8,17H,4,9-15H2,1-3H3,(H,20,21). The molecular formula is C19H31N3O4S. The van der Waals surface area contributed by atoms with Gasteiger partial charge in [-0.15, -0.1) is 0 Å². The zero-order chi connectivity index (χ0) is 19.7. The Morgan fingerprint density at radius 2 is 2.04 bits per heavy atom. The fourth-order valence-electron chi connectivity index (χ4n) is 2.99. The van der Waals surface area contributed by atoms with Gasteiger partial charge in [-0.3, -0.25) is 0 Å². The Kier molecular flexibility index (Phi) is 8.53. The van der Waals surface area contributed by atoms with Crippen molar-refractivity contribution in [3.63, 3.8) is 0 Å². The number of benzene rings is 1. The van der Waals surface area contributed by atoms with Gasteiger partial charge in [0.25, 0.3) is 0 Å². The first kappa shape index (κ1) is 21.7. The number of nitrogens with zero attached hydrogens (tertiary/aromatic N) is 2. The Morgan fingerprint density at radius 1 is 1.30 bits per heavy atom. The molecule has 8 heteroatoms. The number of ether oxygens (including phenoxy) is 2. The van der Waals surface area contributed by atoms with Gasteiger partial charge in [-0.25, -0.2) is 13.4 Å². The number of aliphatic imine (C=N–C) groups is 1. The zero-order valence-electron chi connectivity index (χ0n) is 16.5. The van der Waals surface area contributed by atoms with E-state index in [0.29, 0.717) is 30.6 Å². The largest absolute Gasteiger partial charge is 0.382 e. The van der Waals surface area contributed by atoms with Crippen LogP contribution in [0.1, 0.15) is 18.9 Å². The first-order chi connectivity index (χ1) is 12.9. The number of likely N-dealkylation sites (tertiary alicyclic amines) is 1. The zero-order valence-corrected chi connectivity index (χ0v) is 17.3. The highest BCUT2D eigenvalue weighted by atomic mass is 32.2. The molecule has 0 aliphatic carbocycles. The van der Waals surface area contributed by atoms with Crippen LogP contribution in [0.2, 0.25) is 0 Å². The normalized spacial score (nSPS) is 18.1. The Balaban J connectivity index is 1.92. The van der Waals surface area contributed by atoms with Crippen molar-refractivity contribution in [2.75, 3.05) is 52.8 Å². The Bertz CT molecular complexity index is 704. The van der Waals surface area contributed by atoms with Crippen molar-refractivity contribution in [2.24, 2.45) is 10.9 Å². The van der Waals surface area contributed by atoms with Gasteiger partial charge in [0.15, 0.2) is 15.8 Å². The van der Waals surface area contributed by atoms with Gasteiger partial charge in [-0.1, -0.05) is 12.1 Å². The van der Waals surface area contributed by atoms with Crippen LogP contribution >= 0.6 is 0 Å². The van der Waals surface area contributed by atoms with E-state index in [-0.39, 0.29) is 0 Å². The van der Waals surface area contributed by atoms with Crippen molar-refractivity contribution in [1.82, 2.24) is 10.2 Å². The topological polar surface area (TPSA) is 80.2 Å².